The van der Waals surface area contributed by atoms with Crippen LogP contribution in [0.2, 0.25) is 0 Å². The van der Waals surface area contributed by atoms with Gasteiger partial charge in [-0.2, -0.15) is 0 Å². The van der Waals surface area contributed by atoms with Crippen LogP contribution in [0.4, 0.5) is 0 Å². The van der Waals surface area contributed by atoms with E-state index in [9.17, 15) is 9.59 Å². The van der Waals surface area contributed by atoms with Crippen molar-refractivity contribution < 1.29 is 19.5 Å². The number of aliphatic carboxylic acids is 1. The minimum atomic E-state index is -1.34. The van der Waals surface area contributed by atoms with E-state index < -0.39 is 17.5 Å². The summed E-state index contributed by atoms with van der Waals surface area (Å²) in [4.78, 5) is 26.8. The summed E-state index contributed by atoms with van der Waals surface area (Å²) < 4.78 is 0. The number of carboxylic acid groups (broad SMARTS) is 1. The lowest BCUT2D eigenvalue weighted by Crippen LogP contribution is -2.27. The molecule has 0 heterocycles. The number of carboxylic acids is 1. The third kappa shape index (κ3) is 3.32. The normalized spacial score (nSPS) is 26.2. The number of hydrogen-bond donors (Lipinski definition) is 1. The van der Waals surface area contributed by atoms with Crippen molar-refractivity contribution in [1.29, 1.82) is 0 Å². The third-order valence-corrected chi connectivity index (χ3v) is 2.85. The molecule has 0 saturated heterocycles. The molecule has 0 aromatic carbocycles. The highest BCUT2D eigenvalue weighted by molar-refractivity contribution is 6.63. The summed E-state index contributed by atoms with van der Waals surface area (Å²) >= 11 is 0. The molecule has 1 aliphatic rings. The van der Waals surface area contributed by atoms with Crippen molar-refractivity contribution in [2.45, 2.75) is 45.6 Å². The van der Waals surface area contributed by atoms with Gasteiger partial charge in [0.2, 0.25) is 5.71 Å². The molecule has 1 fully saturated rings. The Balaban J connectivity index is 2.61. The van der Waals surface area contributed by atoms with Crippen LogP contribution in [-0.2, 0) is 14.4 Å². The van der Waals surface area contributed by atoms with Gasteiger partial charge in [-0.1, -0.05) is 18.5 Å². The summed E-state index contributed by atoms with van der Waals surface area (Å²) in [5.41, 5.74) is -0.530. The molecule has 1 aliphatic carbocycles. The average Bonchev–Trinajstić information content (AvgIpc) is 2.20. The molecule has 1 saturated carbocycles. The lowest BCUT2D eigenvalue weighted by atomic mass is 9.88. The maximum Gasteiger partial charge on any atom is 0.361 e. The molecule has 5 nitrogen and oxygen atoms in total. The SMILES string of the molecule is CC(=O)/C(=N/OC1CCCCC1C)C(=O)O. The molecule has 90 valence electrons. The smallest absolute Gasteiger partial charge is 0.361 e. The third-order valence-electron chi connectivity index (χ3n) is 2.85. The van der Waals surface area contributed by atoms with Crippen molar-refractivity contribution in [2.24, 2.45) is 11.1 Å². The molecule has 0 aliphatic heterocycles. The lowest BCUT2D eigenvalue weighted by molar-refractivity contribution is -0.130. The second-order valence-electron chi connectivity index (χ2n) is 4.21. The van der Waals surface area contributed by atoms with E-state index in [0.29, 0.717) is 5.92 Å². The van der Waals surface area contributed by atoms with E-state index in [-0.39, 0.29) is 6.10 Å². The fourth-order valence-corrected chi connectivity index (χ4v) is 1.81. The van der Waals surface area contributed by atoms with Crippen molar-refractivity contribution in [2.75, 3.05) is 0 Å². The second-order valence-corrected chi connectivity index (χ2v) is 4.21. The van der Waals surface area contributed by atoms with Crippen LogP contribution >= 0.6 is 0 Å². The minimum Gasteiger partial charge on any atom is -0.476 e. The highest BCUT2D eigenvalue weighted by Gasteiger charge is 2.24. The Hall–Kier alpha value is -1.39. The first-order valence-electron chi connectivity index (χ1n) is 5.50. The van der Waals surface area contributed by atoms with Gasteiger partial charge in [-0.05, 0) is 25.2 Å². The number of carbonyl (C=O) groups is 2. The summed E-state index contributed by atoms with van der Waals surface area (Å²) in [6, 6.07) is 0. The molecule has 0 aromatic heterocycles. The van der Waals surface area contributed by atoms with Crippen molar-refractivity contribution >= 4 is 17.5 Å². The van der Waals surface area contributed by atoms with Gasteiger partial charge in [0.05, 0.1) is 0 Å². The number of hydrogen-bond acceptors (Lipinski definition) is 4. The second kappa shape index (κ2) is 5.63. The Morgan fingerprint density at radius 2 is 1.94 bits per heavy atom. The van der Waals surface area contributed by atoms with E-state index in [1.807, 2.05) is 6.92 Å². The van der Waals surface area contributed by atoms with Crippen molar-refractivity contribution in [3.8, 4) is 0 Å². The number of rotatable bonds is 4. The fourth-order valence-electron chi connectivity index (χ4n) is 1.81. The first kappa shape index (κ1) is 12.7. The van der Waals surface area contributed by atoms with Crippen molar-refractivity contribution in [3.05, 3.63) is 0 Å². The van der Waals surface area contributed by atoms with Crippen LogP contribution in [-0.4, -0.2) is 28.7 Å². The van der Waals surface area contributed by atoms with Gasteiger partial charge in [0.15, 0.2) is 5.78 Å². The zero-order chi connectivity index (χ0) is 12.1. The zero-order valence-electron chi connectivity index (χ0n) is 9.60. The van der Waals surface area contributed by atoms with Crippen LogP contribution in [0.5, 0.6) is 0 Å². The number of oxime groups is 1. The van der Waals surface area contributed by atoms with Gasteiger partial charge in [-0.3, -0.25) is 4.79 Å². The Kier molecular flexibility index (Phi) is 4.46. The number of nitrogens with zero attached hydrogens (tertiary/aromatic N) is 1. The molecule has 16 heavy (non-hydrogen) atoms. The first-order chi connectivity index (χ1) is 7.52. The monoisotopic (exact) mass is 227 g/mol. The maximum atomic E-state index is 10.9. The predicted octanol–water partition coefficient (Wildman–Crippen LogP) is 1.61. The summed E-state index contributed by atoms with van der Waals surface area (Å²) in [5, 5.41) is 12.2. The summed E-state index contributed by atoms with van der Waals surface area (Å²) in [7, 11) is 0. The van der Waals surface area contributed by atoms with Gasteiger partial charge in [0, 0.05) is 6.92 Å². The van der Waals surface area contributed by atoms with E-state index in [1.54, 1.807) is 0 Å². The van der Waals surface area contributed by atoms with Gasteiger partial charge in [-0.25, -0.2) is 4.79 Å². The molecule has 0 amide bonds. The molecular formula is C11H17NO4. The average molecular weight is 227 g/mol. The molecule has 0 bridgehead atoms. The van der Waals surface area contributed by atoms with Crippen LogP contribution in [0.3, 0.4) is 0 Å². The number of ketones is 1. The van der Waals surface area contributed by atoms with E-state index in [2.05, 4.69) is 5.16 Å². The fraction of sp³-hybridized carbons (Fsp3) is 0.727. The Labute approximate surface area is 94.5 Å². The Bertz CT molecular complexity index is 295. The van der Waals surface area contributed by atoms with E-state index in [1.165, 1.54) is 13.3 Å². The van der Waals surface area contributed by atoms with Gasteiger partial charge in [0.25, 0.3) is 0 Å². The van der Waals surface area contributed by atoms with Gasteiger partial charge in [0.1, 0.15) is 6.10 Å². The molecule has 2 unspecified atom stereocenters. The summed E-state index contributed by atoms with van der Waals surface area (Å²) in [6.45, 7) is 3.22. The van der Waals surface area contributed by atoms with E-state index in [0.717, 1.165) is 19.3 Å². The van der Waals surface area contributed by atoms with Crippen molar-refractivity contribution in [3.63, 3.8) is 0 Å². The molecule has 0 spiro atoms. The zero-order valence-corrected chi connectivity index (χ0v) is 9.60. The molecule has 0 radical (unpaired) electrons. The molecule has 1 rings (SSSR count). The van der Waals surface area contributed by atoms with Gasteiger partial charge < -0.3 is 9.94 Å². The summed E-state index contributed by atoms with van der Waals surface area (Å²) in [5.74, 6) is -1.56. The highest BCUT2D eigenvalue weighted by atomic mass is 16.6. The topological polar surface area (TPSA) is 76.0 Å². The quantitative estimate of drug-likeness (QED) is 0.449. The highest BCUT2D eigenvalue weighted by Crippen LogP contribution is 2.26. The lowest BCUT2D eigenvalue weighted by Gasteiger charge is -2.26. The largest absolute Gasteiger partial charge is 0.476 e. The molecule has 5 heteroatoms. The molecular weight excluding hydrogens is 210 g/mol. The Morgan fingerprint density at radius 1 is 1.31 bits per heavy atom. The van der Waals surface area contributed by atoms with Crippen LogP contribution < -0.4 is 0 Å². The van der Waals surface area contributed by atoms with Crippen LogP contribution in [0.25, 0.3) is 0 Å². The molecule has 2 atom stereocenters. The number of carbonyl (C=O) groups excluding carboxylic acids is 1. The van der Waals surface area contributed by atoms with E-state index >= 15 is 0 Å². The molecule has 0 aromatic rings. The van der Waals surface area contributed by atoms with Crippen LogP contribution in [0.15, 0.2) is 5.16 Å². The van der Waals surface area contributed by atoms with Gasteiger partial charge in [-0.15, -0.1) is 0 Å². The van der Waals surface area contributed by atoms with Gasteiger partial charge >= 0.3 is 5.97 Å². The maximum absolute atomic E-state index is 10.9. The van der Waals surface area contributed by atoms with Crippen LogP contribution in [0.1, 0.15) is 39.5 Å². The standard InChI is InChI=1S/C11H17NO4/c1-7-5-3-4-6-9(7)16-12-10(8(2)13)11(14)15/h7,9H,3-6H2,1-2H3,(H,14,15)/b12-10-. The predicted molar refractivity (Wildman–Crippen MR) is 58.3 cm³/mol. The van der Waals surface area contributed by atoms with Crippen molar-refractivity contribution in [1.82, 2.24) is 0 Å². The van der Waals surface area contributed by atoms with E-state index in [4.69, 9.17) is 9.94 Å². The first-order valence-corrected chi connectivity index (χ1v) is 5.50. The van der Waals surface area contributed by atoms with Crippen LogP contribution in [0, 0.1) is 5.92 Å². The minimum absolute atomic E-state index is 0.0672. The Morgan fingerprint density at radius 3 is 2.44 bits per heavy atom. The summed E-state index contributed by atoms with van der Waals surface area (Å²) in [6.07, 6.45) is 4.09. The number of Topliss-reactive ketones (excluding diaryl/α,β-unsaturated/α-hetero) is 1. The molecule has 1 N–H and O–H groups in total.